The summed E-state index contributed by atoms with van der Waals surface area (Å²) in [4.78, 5) is -0.604. The van der Waals surface area contributed by atoms with Gasteiger partial charge in [-0.25, -0.2) is 18.1 Å². The SMILES string of the molecule is O=S(=O)(O)c1ccc2c(c1)-c1c(c(/C(F)=C/CCCCCC/C=C(\F)c3nn(-c4ccc(Cl)cc4Cl)c4c3Cc3ccc(S(=O)(=O)O)cc3-4)nn1-c1ccc(Cl)cc1Cl)C2. The van der Waals surface area contributed by atoms with Crippen LogP contribution in [0.4, 0.5) is 8.78 Å². The number of halogens is 6. The minimum Gasteiger partial charge on any atom is -0.282 e. The van der Waals surface area contributed by atoms with E-state index in [1.807, 2.05) is 0 Å². The second-order valence-corrected chi connectivity index (χ2v) is 18.9. The van der Waals surface area contributed by atoms with Gasteiger partial charge in [0.25, 0.3) is 20.2 Å². The van der Waals surface area contributed by atoms with Crippen molar-refractivity contribution in [2.45, 2.75) is 61.2 Å². The van der Waals surface area contributed by atoms with Gasteiger partial charge in [0.05, 0.1) is 42.6 Å². The van der Waals surface area contributed by atoms with Crippen molar-refractivity contribution in [1.82, 2.24) is 19.6 Å². The standard InChI is InChI=1S/C42H32Cl4F2N4O6S2/c43-25-11-15-37(33(45)19-25)51-41-29-21-27(59(53,54)55)13-9-23(29)17-31(41)39(49-51)35(47)7-5-3-1-2-4-6-8-36(48)40-32-18-24-10-14-28(60(56,57)58)22-30(24)42(32)52(50-40)38-16-12-26(44)20-34(38)46/h7-16,19-22H,1-6,17-18H2,(H,53,54,55)(H,56,57,58)/b35-7-,36-8-. The van der Waals surface area contributed by atoms with E-state index in [4.69, 9.17) is 46.4 Å². The van der Waals surface area contributed by atoms with Crippen molar-refractivity contribution in [1.29, 1.82) is 0 Å². The number of fused-ring (bicyclic) bond motifs is 6. The Morgan fingerprint density at radius 3 is 1.37 bits per heavy atom. The van der Waals surface area contributed by atoms with Gasteiger partial charge in [0.1, 0.15) is 23.0 Å². The Bertz CT molecular complexity index is 2840. The summed E-state index contributed by atoms with van der Waals surface area (Å²) in [7, 11) is -9.02. The van der Waals surface area contributed by atoms with Gasteiger partial charge >= 0.3 is 0 Å². The number of benzene rings is 4. The lowest BCUT2D eigenvalue weighted by Gasteiger charge is -2.10. The number of rotatable bonds is 13. The Balaban J connectivity index is 0.952. The summed E-state index contributed by atoms with van der Waals surface area (Å²) in [6.45, 7) is 0. The molecule has 0 amide bonds. The Labute approximate surface area is 364 Å². The van der Waals surface area contributed by atoms with Crippen molar-refractivity contribution in [2.24, 2.45) is 0 Å². The van der Waals surface area contributed by atoms with Crippen LogP contribution in [0, 0.1) is 0 Å². The normalized spacial score (nSPS) is 13.7. The molecule has 0 saturated heterocycles. The van der Waals surface area contributed by atoms with Gasteiger partial charge in [-0.2, -0.15) is 27.0 Å². The molecule has 0 atom stereocenters. The first-order valence-corrected chi connectivity index (χ1v) is 23.0. The highest BCUT2D eigenvalue weighted by Crippen LogP contribution is 2.45. The maximum absolute atomic E-state index is 15.9. The molecule has 2 heterocycles. The fraction of sp³-hybridized carbons (Fsp3) is 0.190. The summed E-state index contributed by atoms with van der Waals surface area (Å²) < 4.78 is 102. The first-order chi connectivity index (χ1) is 28.5. The molecule has 0 radical (unpaired) electrons. The molecular weight excluding hydrogens is 900 g/mol. The molecule has 2 aliphatic carbocycles. The predicted molar refractivity (Wildman–Crippen MR) is 229 cm³/mol. The third-order valence-corrected chi connectivity index (χ3v) is 13.3. The van der Waals surface area contributed by atoms with E-state index >= 15 is 8.78 Å². The van der Waals surface area contributed by atoms with Gasteiger partial charge in [0.2, 0.25) is 0 Å². The van der Waals surface area contributed by atoms with E-state index in [-0.39, 0.29) is 44.1 Å². The minimum absolute atomic E-state index is 0.0930. The smallest absolute Gasteiger partial charge is 0.282 e. The predicted octanol–water partition coefficient (Wildman–Crippen LogP) is 12.0. The molecule has 0 aliphatic heterocycles. The number of unbranched alkanes of at least 4 members (excludes halogenated alkanes) is 5. The van der Waals surface area contributed by atoms with Crippen LogP contribution >= 0.6 is 46.4 Å². The van der Waals surface area contributed by atoms with Crippen LogP contribution in [0.15, 0.2) is 94.7 Å². The summed E-state index contributed by atoms with van der Waals surface area (Å²) in [5, 5.41) is 10.4. The number of allylic oxidation sites excluding steroid dienone is 2. The van der Waals surface area contributed by atoms with Gasteiger partial charge in [0, 0.05) is 45.1 Å². The summed E-state index contributed by atoms with van der Waals surface area (Å²) in [5.74, 6) is -1.10. The van der Waals surface area contributed by atoms with Crippen LogP contribution in [0.1, 0.15) is 72.2 Å². The van der Waals surface area contributed by atoms with E-state index in [1.165, 1.54) is 57.9 Å². The van der Waals surface area contributed by atoms with Crippen molar-refractivity contribution < 1.29 is 34.7 Å². The Hall–Kier alpha value is -4.38. The zero-order valence-electron chi connectivity index (χ0n) is 31.1. The van der Waals surface area contributed by atoms with Gasteiger partial charge in [-0.15, -0.1) is 0 Å². The molecule has 4 aromatic carbocycles. The number of hydrogen-bond acceptors (Lipinski definition) is 6. The molecule has 18 heteroatoms. The largest absolute Gasteiger partial charge is 0.294 e. The fourth-order valence-corrected chi connectivity index (χ4v) is 9.67. The molecule has 8 rings (SSSR count). The quantitative estimate of drug-likeness (QED) is 0.0859. The first-order valence-electron chi connectivity index (χ1n) is 18.6. The molecule has 0 bridgehead atoms. The van der Waals surface area contributed by atoms with Crippen LogP contribution < -0.4 is 0 Å². The average molecular weight is 933 g/mol. The van der Waals surface area contributed by atoms with Gasteiger partial charge in [-0.05, 0) is 110 Å². The zero-order chi connectivity index (χ0) is 42.7. The van der Waals surface area contributed by atoms with E-state index in [2.05, 4.69) is 10.2 Å². The number of hydrogen-bond donors (Lipinski definition) is 2. The molecule has 2 aromatic heterocycles. The molecule has 310 valence electrons. The second kappa shape index (κ2) is 16.5. The Morgan fingerprint density at radius 1 is 0.600 bits per heavy atom. The van der Waals surface area contributed by atoms with Crippen molar-refractivity contribution in [3.63, 3.8) is 0 Å². The van der Waals surface area contributed by atoms with Crippen LogP contribution in [0.25, 0.3) is 45.5 Å². The number of aromatic nitrogens is 4. The van der Waals surface area contributed by atoms with E-state index in [0.717, 1.165) is 24.0 Å². The summed E-state index contributed by atoms with van der Waals surface area (Å²) in [6, 6.07) is 18.0. The van der Waals surface area contributed by atoms with Gasteiger partial charge in [0.15, 0.2) is 0 Å². The molecule has 2 aliphatic rings. The van der Waals surface area contributed by atoms with E-state index in [1.54, 1.807) is 36.4 Å². The summed E-state index contributed by atoms with van der Waals surface area (Å²) in [5.41, 5.74) is 5.44. The monoisotopic (exact) mass is 930 g/mol. The van der Waals surface area contributed by atoms with E-state index < -0.39 is 31.9 Å². The van der Waals surface area contributed by atoms with E-state index in [9.17, 15) is 25.9 Å². The van der Waals surface area contributed by atoms with Crippen molar-refractivity contribution in [3.8, 4) is 33.9 Å². The van der Waals surface area contributed by atoms with Crippen LogP contribution in [-0.2, 0) is 33.1 Å². The number of nitrogens with zero attached hydrogens (tertiary/aromatic N) is 4. The van der Waals surface area contributed by atoms with Gasteiger partial charge < -0.3 is 0 Å². The fourth-order valence-electron chi connectivity index (χ4n) is 7.68. The van der Waals surface area contributed by atoms with Crippen LogP contribution in [0.3, 0.4) is 0 Å². The topological polar surface area (TPSA) is 144 Å². The first kappa shape index (κ1) is 42.3. The molecular formula is C42H32Cl4F2N4O6S2. The molecule has 60 heavy (non-hydrogen) atoms. The maximum Gasteiger partial charge on any atom is 0.294 e. The zero-order valence-corrected chi connectivity index (χ0v) is 35.8. The van der Waals surface area contributed by atoms with Gasteiger partial charge in [-0.3, -0.25) is 9.11 Å². The molecule has 2 N–H and O–H groups in total. The second-order valence-electron chi connectivity index (χ2n) is 14.4. The highest BCUT2D eigenvalue weighted by molar-refractivity contribution is 7.86. The molecule has 0 fully saturated rings. The highest BCUT2D eigenvalue weighted by atomic mass is 35.5. The minimum atomic E-state index is -4.51. The summed E-state index contributed by atoms with van der Waals surface area (Å²) in [6.07, 6.45) is 7.05. The van der Waals surface area contributed by atoms with Gasteiger partial charge in [-0.1, -0.05) is 71.4 Å². The van der Waals surface area contributed by atoms with Crippen LogP contribution in [0.5, 0.6) is 0 Å². The van der Waals surface area contributed by atoms with E-state index in [0.29, 0.717) is 80.7 Å². The highest BCUT2D eigenvalue weighted by Gasteiger charge is 2.33. The van der Waals surface area contributed by atoms with Crippen LogP contribution in [0.2, 0.25) is 20.1 Å². The lowest BCUT2D eigenvalue weighted by atomic mass is 10.1. The lowest BCUT2D eigenvalue weighted by molar-refractivity contribution is 0.481. The molecule has 10 nitrogen and oxygen atoms in total. The molecule has 6 aromatic rings. The lowest BCUT2D eigenvalue weighted by Crippen LogP contribution is -2.02. The average Bonchev–Trinajstić information content (AvgIpc) is 3.94. The van der Waals surface area contributed by atoms with Crippen molar-refractivity contribution >= 4 is 78.3 Å². The maximum atomic E-state index is 15.9. The Kier molecular flexibility index (Phi) is 11.6. The van der Waals surface area contributed by atoms with Crippen molar-refractivity contribution in [3.05, 3.63) is 139 Å². The third-order valence-electron chi connectivity index (χ3n) is 10.5. The molecule has 0 unspecified atom stereocenters. The van der Waals surface area contributed by atoms with Crippen LogP contribution in [-0.4, -0.2) is 45.5 Å². The molecule has 0 spiro atoms. The third kappa shape index (κ3) is 8.19. The van der Waals surface area contributed by atoms with Crippen molar-refractivity contribution in [2.75, 3.05) is 0 Å². The summed E-state index contributed by atoms with van der Waals surface area (Å²) >= 11 is 25.3. The molecule has 0 saturated carbocycles. The Morgan fingerprint density at radius 2 is 1.00 bits per heavy atom.